The third-order valence-corrected chi connectivity index (χ3v) is 4.47. The Labute approximate surface area is 115 Å². The van der Waals surface area contributed by atoms with Crippen LogP contribution in [0, 0.1) is 5.41 Å². The first-order valence-corrected chi connectivity index (χ1v) is 7.16. The highest BCUT2D eigenvalue weighted by atomic mass is 16.1. The first kappa shape index (κ1) is 12.5. The van der Waals surface area contributed by atoms with Crippen LogP contribution in [0.2, 0.25) is 0 Å². The minimum absolute atomic E-state index is 0.00359. The van der Waals surface area contributed by atoms with E-state index in [1.807, 2.05) is 6.92 Å². The van der Waals surface area contributed by atoms with Gasteiger partial charge in [0, 0.05) is 30.6 Å². The maximum absolute atomic E-state index is 12.5. The van der Waals surface area contributed by atoms with Crippen molar-refractivity contribution in [3.05, 3.63) is 41.0 Å². The summed E-state index contributed by atoms with van der Waals surface area (Å²) in [5.74, 6) is 0.307. The molecule has 0 fully saturated rings. The van der Waals surface area contributed by atoms with Crippen LogP contribution in [0.3, 0.4) is 0 Å². The van der Waals surface area contributed by atoms with Crippen molar-refractivity contribution >= 4 is 11.5 Å². The fourth-order valence-corrected chi connectivity index (χ4v) is 3.37. The Morgan fingerprint density at radius 2 is 2.05 bits per heavy atom. The molecule has 2 aliphatic heterocycles. The van der Waals surface area contributed by atoms with Crippen LogP contribution in [0.5, 0.6) is 0 Å². The van der Waals surface area contributed by atoms with Gasteiger partial charge in [0.25, 0.3) is 0 Å². The van der Waals surface area contributed by atoms with Gasteiger partial charge in [0.05, 0.1) is 5.70 Å². The van der Waals surface area contributed by atoms with E-state index in [1.54, 1.807) is 0 Å². The third kappa shape index (κ3) is 1.81. The van der Waals surface area contributed by atoms with E-state index in [0.717, 1.165) is 25.1 Å². The molecule has 0 N–H and O–H groups in total. The van der Waals surface area contributed by atoms with E-state index in [4.69, 9.17) is 0 Å². The molecule has 100 valence electrons. The van der Waals surface area contributed by atoms with Crippen LogP contribution in [0.25, 0.3) is 5.70 Å². The number of carbonyl (C=O) groups is 1. The average molecular weight is 255 g/mol. The number of nitrogens with zero attached hydrogens (tertiary/aromatic N) is 1. The van der Waals surface area contributed by atoms with Gasteiger partial charge in [0.1, 0.15) is 0 Å². The van der Waals surface area contributed by atoms with E-state index in [0.29, 0.717) is 12.2 Å². The Bertz CT molecular complexity index is 568. The van der Waals surface area contributed by atoms with Gasteiger partial charge in [-0.3, -0.25) is 4.79 Å². The highest BCUT2D eigenvalue weighted by molar-refractivity contribution is 6.04. The van der Waals surface area contributed by atoms with E-state index < -0.39 is 0 Å². The van der Waals surface area contributed by atoms with Crippen LogP contribution in [0.1, 0.15) is 44.7 Å². The molecule has 1 aromatic carbocycles. The van der Waals surface area contributed by atoms with Crippen LogP contribution in [0.4, 0.5) is 0 Å². The van der Waals surface area contributed by atoms with Crippen LogP contribution >= 0.6 is 0 Å². The van der Waals surface area contributed by atoms with Crippen LogP contribution in [0.15, 0.2) is 29.8 Å². The van der Waals surface area contributed by atoms with Crippen molar-refractivity contribution in [2.75, 3.05) is 6.54 Å². The van der Waals surface area contributed by atoms with Gasteiger partial charge in [0.15, 0.2) is 5.78 Å². The topological polar surface area (TPSA) is 20.3 Å². The number of hydrogen-bond donors (Lipinski definition) is 0. The molecule has 19 heavy (non-hydrogen) atoms. The molecule has 0 saturated carbocycles. The Kier molecular flexibility index (Phi) is 2.77. The van der Waals surface area contributed by atoms with Crippen molar-refractivity contribution in [2.24, 2.45) is 5.41 Å². The molecule has 2 nitrogen and oxygen atoms in total. The zero-order valence-corrected chi connectivity index (χ0v) is 12.0. The third-order valence-electron chi connectivity index (χ3n) is 4.47. The van der Waals surface area contributed by atoms with Gasteiger partial charge < -0.3 is 4.90 Å². The molecular weight excluding hydrogens is 234 g/mol. The number of ketones is 1. The Balaban J connectivity index is 2.25. The predicted molar refractivity (Wildman–Crippen MR) is 77.5 cm³/mol. The van der Waals surface area contributed by atoms with Gasteiger partial charge in [-0.15, -0.1) is 0 Å². The van der Waals surface area contributed by atoms with Crippen LogP contribution < -0.4 is 0 Å². The van der Waals surface area contributed by atoms with Crippen molar-refractivity contribution in [3.8, 4) is 0 Å². The number of benzene rings is 1. The average Bonchev–Trinajstić information content (AvgIpc) is 2.76. The van der Waals surface area contributed by atoms with Crippen LogP contribution in [-0.4, -0.2) is 17.2 Å². The molecule has 3 rings (SSSR count). The van der Waals surface area contributed by atoms with Gasteiger partial charge in [0.2, 0.25) is 0 Å². The number of rotatable bonds is 2. The molecule has 2 heteroatoms. The number of Topliss-reactive ketones (excluding diaryl/α,β-unsaturated/α-hetero) is 1. The molecule has 2 aliphatic rings. The fourth-order valence-electron chi connectivity index (χ4n) is 3.37. The lowest BCUT2D eigenvalue weighted by Crippen LogP contribution is -2.35. The molecule has 0 bridgehead atoms. The highest BCUT2D eigenvalue weighted by Gasteiger charge is 2.40. The first-order valence-electron chi connectivity index (χ1n) is 7.16. The molecule has 0 amide bonds. The van der Waals surface area contributed by atoms with E-state index in [2.05, 4.69) is 43.0 Å². The summed E-state index contributed by atoms with van der Waals surface area (Å²) in [6.07, 6.45) is 1.66. The first-order chi connectivity index (χ1) is 9.04. The maximum atomic E-state index is 12.5. The van der Waals surface area contributed by atoms with Crippen molar-refractivity contribution in [1.29, 1.82) is 0 Å². The number of carbonyl (C=O) groups excluding carboxylic acids is 1. The summed E-state index contributed by atoms with van der Waals surface area (Å²) in [6, 6.07) is 8.51. The standard InChI is InChI=1S/C17H21NO/c1-4-14(19)15-16-13-8-6-5-7-12(13)11-18(16)10-9-17(15,2)3/h5-8H,4,9-11H2,1-3H3. The number of fused-ring (bicyclic) bond motifs is 3. The summed E-state index contributed by atoms with van der Waals surface area (Å²) in [5, 5.41) is 0. The zero-order valence-electron chi connectivity index (χ0n) is 12.0. The predicted octanol–water partition coefficient (Wildman–Crippen LogP) is 3.62. The van der Waals surface area contributed by atoms with Crippen molar-refractivity contribution < 1.29 is 4.79 Å². The maximum Gasteiger partial charge on any atom is 0.161 e. The van der Waals surface area contributed by atoms with Crippen molar-refractivity contribution in [2.45, 2.75) is 40.2 Å². The molecule has 0 radical (unpaired) electrons. The van der Waals surface area contributed by atoms with Gasteiger partial charge in [-0.1, -0.05) is 45.0 Å². The second-order valence-electron chi connectivity index (χ2n) is 6.21. The summed E-state index contributed by atoms with van der Waals surface area (Å²) in [5.41, 5.74) is 4.88. The lowest BCUT2D eigenvalue weighted by molar-refractivity contribution is -0.116. The summed E-state index contributed by atoms with van der Waals surface area (Å²) < 4.78 is 0. The molecule has 2 heterocycles. The van der Waals surface area contributed by atoms with E-state index in [-0.39, 0.29) is 5.41 Å². The minimum Gasteiger partial charge on any atom is -0.366 e. The largest absolute Gasteiger partial charge is 0.366 e. The highest BCUT2D eigenvalue weighted by Crippen LogP contribution is 2.46. The quantitative estimate of drug-likeness (QED) is 0.804. The number of allylic oxidation sites excluding steroid dienone is 1. The molecule has 1 aromatic rings. The van der Waals surface area contributed by atoms with Gasteiger partial charge >= 0.3 is 0 Å². The number of hydrogen-bond acceptors (Lipinski definition) is 2. The normalized spacial score (nSPS) is 20.3. The smallest absolute Gasteiger partial charge is 0.161 e. The Morgan fingerprint density at radius 1 is 1.32 bits per heavy atom. The van der Waals surface area contributed by atoms with E-state index in [1.165, 1.54) is 16.8 Å². The Hall–Kier alpha value is -1.57. The van der Waals surface area contributed by atoms with Crippen molar-refractivity contribution in [3.63, 3.8) is 0 Å². The van der Waals surface area contributed by atoms with Gasteiger partial charge in [-0.2, -0.15) is 0 Å². The van der Waals surface area contributed by atoms with E-state index >= 15 is 0 Å². The summed E-state index contributed by atoms with van der Waals surface area (Å²) in [7, 11) is 0. The zero-order chi connectivity index (χ0) is 13.6. The summed E-state index contributed by atoms with van der Waals surface area (Å²) in [6.45, 7) is 8.40. The molecule has 0 aliphatic carbocycles. The van der Waals surface area contributed by atoms with Gasteiger partial charge in [-0.05, 0) is 17.4 Å². The van der Waals surface area contributed by atoms with Gasteiger partial charge in [-0.25, -0.2) is 0 Å². The molecule has 0 unspecified atom stereocenters. The van der Waals surface area contributed by atoms with Crippen LogP contribution in [-0.2, 0) is 11.3 Å². The Morgan fingerprint density at radius 3 is 2.79 bits per heavy atom. The second kappa shape index (κ2) is 4.22. The lowest BCUT2D eigenvalue weighted by Gasteiger charge is -2.38. The summed E-state index contributed by atoms with van der Waals surface area (Å²) >= 11 is 0. The minimum atomic E-state index is -0.00359. The van der Waals surface area contributed by atoms with E-state index in [9.17, 15) is 4.79 Å². The monoisotopic (exact) mass is 255 g/mol. The molecule has 0 aromatic heterocycles. The molecular formula is C17H21NO. The molecule has 0 atom stereocenters. The molecule has 0 spiro atoms. The molecule has 0 saturated heterocycles. The second-order valence-corrected chi connectivity index (χ2v) is 6.21. The SMILES string of the molecule is CCC(=O)C1=C2c3ccccc3CN2CCC1(C)C. The summed E-state index contributed by atoms with van der Waals surface area (Å²) in [4.78, 5) is 14.8. The van der Waals surface area contributed by atoms with Crippen molar-refractivity contribution in [1.82, 2.24) is 4.90 Å². The lowest BCUT2D eigenvalue weighted by atomic mass is 9.74. The fraction of sp³-hybridized carbons (Fsp3) is 0.471.